The van der Waals surface area contributed by atoms with E-state index in [1.54, 1.807) is 0 Å². The molecule has 1 heterocycles. The highest BCUT2D eigenvalue weighted by Gasteiger charge is 2.21. The van der Waals surface area contributed by atoms with Crippen LogP contribution in [0.3, 0.4) is 0 Å². The van der Waals surface area contributed by atoms with Gasteiger partial charge in [-0.15, -0.1) is 0 Å². The molecule has 5 heteroatoms. The molecule has 0 aliphatic carbocycles. The predicted octanol–water partition coefficient (Wildman–Crippen LogP) is 1.56. The lowest BCUT2D eigenvalue weighted by Crippen LogP contribution is -2.43. The van der Waals surface area contributed by atoms with Crippen LogP contribution in [0.15, 0.2) is 30.3 Å². The van der Waals surface area contributed by atoms with Gasteiger partial charge in [0.25, 0.3) is 0 Å². The Hall–Kier alpha value is -1.43. The minimum Gasteiger partial charge on any atom is -0.375 e. The van der Waals surface area contributed by atoms with Gasteiger partial charge in [0.2, 0.25) is 5.91 Å². The second-order valence-corrected chi connectivity index (χ2v) is 5.85. The molecule has 1 aliphatic rings. The molecule has 5 nitrogen and oxygen atoms in total. The summed E-state index contributed by atoms with van der Waals surface area (Å²) >= 11 is 0. The molecule has 2 rings (SSSR count). The van der Waals surface area contributed by atoms with Crippen molar-refractivity contribution in [3.8, 4) is 0 Å². The van der Waals surface area contributed by atoms with E-state index in [1.165, 1.54) is 5.56 Å². The smallest absolute Gasteiger partial charge is 0.222 e. The van der Waals surface area contributed by atoms with Crippen LogP contribution in [0.25, 0.3) is 0 Å². The van der Waals surface area contributed by atoms with Gasteiger partial charge in [-0.25, -0.2) is 0 Å². The van der Waals surface area contributed by atoms with Crippen molar-refractivity contribution in [3.63, 3.8) is 0 Å². The molecule has 0 radical (unpaired) electrons. The Bertz CT molecular complexity index is 457. The highest BCUT2D eigenvalue weighted by molar-refractivity contribution is 5.76. The predicted molar refractivity (Wildman–Crippen MR) is 92.3 cm³/mol. The Morgan fingerprint density at radius 1 is 1.35 bits per heavy atom. The van der Waals surface area contributed by atoms with Crippen molar-refractivity contribution < 1.29 is 9.53 Å². The molecule has 2 unspecified atom stereocenters. The summed E-state index contributed by atoms with van der Waals surface area (Å²) in [7, 11) is 0. The standard InChI is InChI=1S/C18H29N3O2/c1-3-21(4-2)17(15-8-6-5-7-9-15)14-20-18(22)12-16-13-19-10-11-23-16/h5-9,16-17,19H,3-4,10-14H2,1-2H3,(H,20,22). The molecule has 1 amide bonds. The Morgan fingerprint density at radius 3 is 2.70 bits per heavy atom. The van der Waals surface area contributed by atoms with Crippen molar-refractivity contribution in [3.05, 3.63) is 35.9 Å². The van der Waals surface area contributed by atoms with Gasteiger partial charge >= 0.3 is 0 Å². The molecular weight excluding hydrogens is 290 g/mol. The number of carbonyl (C=O) groups excluding carboxylic acids is 1. The first-order valence-electron chi connectivity index (χ1n) is 8.62. The summed E-state index contributed by atoms with van der Waals surface area (Å²) in [6.07, 6.45) is 0.416. The summed E-state index contributed by atoms with van der Waals surface area (Å²) in [5.41, 5.74) is 1.24. The normalized spacial score (nSPS) is 19.5. The molecule has 0 saturated carbocycles. The van der Waals surface area contributed by atoms with Gasteiger partial charge in [-0.3, -0.25) is 9.69 Å². The zero-order chi connectivity index (χ0) is 16.5. The molecule has 128 valence electrons. The van der Waals surface area contributed by atoms with Gasteiger partial charge in [-0.2, -0.15) is 0 Å². The average Bonchev–Trinajstić information content (AvgIpc) is 2.60. The summed E-state index contributed by atoms with van der Waals surface area (Å²) in [5.74, 6) is 0.0618. The average molecular weight is 319 g/mol. The Kier molecular flexibility index (Phi) is 7.52. The van der Waals surface area contributed by atoms with Gasteiger partial charge in [0.1, 0.15) is 0 Å². The number of nitrogens with one attached hydrogen (secondary N) is 2. The lowest BCUT2D eigenvalue weighted by molar-refractivity contribution is -0.124. The second kappa shape index (κ2) is 9.65. The van der Waals surface area contributed by atoms with Gasteiger partial charge in [-0.1, -0.05) is 44.2 Å². The van der Waals surface area contributed by atoms with E-state index >= 15 is 0 Å². The van der Waals surface area contributed by atoms with Crippen LogP contribution in [0.1, 0.15) is 31.9 Å². The minimum absolute atomic E-state index is 0.00706. The van der Waals surface area contributed by atoms with Crippen LogP contribution >= 0.6 is 0 Å². The molecule has 0 aromatic heterocycles. The van der Waals surface area contributed by atoms with E-state index < -0.39 is 0 Å². The van der Waals surface area contributed by atoms with Crippen LogP contribution in [-0.2, 0) is 9.53 Å². The van der Waals surface area contributed by atoms with E-state index in [9.17, 15) is 4.79 Å². The van der Waals surface area contributed by atoms with E-state index in [0.29, 0.717) is 19.6 Å². The zero-order valence-corrected chi connectivity index (χ0v) is 14.3. The first-order valence-corrected chi connectivity index (χ1v) is 8.62. The van der Waals surface area contributed by atoms with Crippen LogP contribution in [0.4, 0.5) is 0 Å². The van der Waals surface area contributed by atoms with E-state index in [4.69, 9.17) is 4.74 Å². The highest BCUT2D eigenvalue weighted by Crippen LogP contribution is 2.19. The van der Waals surface area contributed by atoms with Crippen molar-refractivity contribution in [2.24, 2.45) is 0 Å². The number of hydrogen-bond acceptors (Lipinski definition) is 4. The number of ether oxygens (including phenoxy) is 1. The fourth-order valence-corrected chi connectivity index (χ4v) is 3.04. The molecule has 1 fully saturated rings. The fraction of sp³-hybridized carbons (Fsp3) is 0.611. The summed E-state index contributed by atoms with van der Waals surface area (Å²) in [5, 5.41) is 6.34. The van der Waals surface area contributed by atoms with Gasteiger partial charge in [0.05, 0.1) is 25.2 Å². The number of carbonyl (C=O) groups is 1. The molecule has 2 atom stereocenters. The fourth-order valence-electron chi connectivity index (χ4n) is 3.04. The van der Waals surface area contributed by atoms with Crippen LogP contribution in [0, 0.1) is 0 Å². The maximum absolute atomic E-state index is 12.2. The Labute approximate surface area is 139 Å². The molecule has 0 bridgehead atoms. The third-order valence-corrected chi connectivity index (χ3v) is 4.35. The van der Waals surface area contributed by atoms with E-state index in [2.05, 4.69) is 53.6 Å². The molecule has 23 heavy (non-hydrogen) atoms. The lowest BCUT2D eigenvalue weighted by atomic mass is 10.0. The number of nitrogens with zero attached hydrogens (tertiary/aromatic N) is 1. The SMILES string of the molecule is CCN(CC)C(CNC(=O)CC1CNCCO1)c1ccccc1. The summed E-state index contributed by atoms with van der Waals surface area (Å²) < 4.78 is 5.60. The lowest BCUT2D eigenvalue weighted by Gasteiger charge is -2.30. The number of morpholine rings is 1. The maximum atomic E-state index is 12.2. The first kappa shape index (κ1) is 17.9. The van der Waals surface area contributed by atoms with Crippen molar-refractivity contribution in [2.45, 2.75) is 32.4 Å². The van der Waals surface area contributed by atoms with Crippen LogP contribution < -0.4 is 10.6 Å². The summed E-state index contributed by atoms with van der Waals surface area (Å²) in [6.45, 7) is 9.17. The third kappa shape index (κ3) is 5.61. The number of amides is 1. The van der Waals surface area contributed by atoms with E-state index in [0.717, 1.165) is 26.2 Å². The minimum atomic E-state index is -0.00706. The Balaban J connectivity index is 1.91. The molecular formula is C18H29N3O2. The monoisotopic (exact) mass is 319 g/mol. The molecule has 1 aliphatic heterocycles. The largest absolute Gasteiger partial charge is 0.375 e. The van der Waals surface area contributed by atoms with Crippen LogP contribution in [0.5, 0.6) is 0 Å². The highest BCUT2D eigenvalue weighted by atomic mass is 16.5. The van der Waals surface area contributed by atoms with Crippen LogP contribution in [-0.4, -0.2) is 56.2 Å². The van der Waals surface area contributed by atoms with Gasteiger partial charge in [0, 0.05) is 19.6 Å². The van der Waals surface area contributed by atoms with Gasteiger partial charge in [0.15, 0.2) is 0 Å². The molecule has 1 aromatic carbocycles. The van der Waals surface area contributed by atoms with E-state index in [1.807, 2.05) is 6.07 Å². The number of rotatable bonds is 8. The van der Waals surface area contributed by atoms with Crippen molar-refractivity contribution >= 4 is 5.91 Å². The molecule has 2 N–H and O–H groups in total. The molecule has 1 aromatic rings. The first-order chi connectivity index (χ1) is 11.2. The van der Waals surface area contributed by atoms with Gasteiger partial charge < -0.3 is 15.4 Å². The topological polar surface area (TPSA) is 53.6 Å². The number of benzene rings is 1. The van der Waals surface area contributed by atoms with Crippen molar-refractivity contribution in [1.82, 2.24) is 15.5 Å². The second-order valence-electron chi connectivity index (χ2n) is 5.85. The summed E-state index contributed by atoms with van der Waals surface area (Å²) in [4.78, 5) is 14.6. The third-order valence-electron chi connectivity index (χ3n) is 4.35. The van der Waals surface area contributed by atoms with Crippen molar-refractivity contribution in [1.29, 1.82) is 0 Å². The van der Waals surface area contributed by atoms with E-state index in [-0.39, 0.29) is 18.1 Å². The quantitative estimate of drug-likeness (QED) is 0.764. The molecule has 0 spiro atoms. The summed E-state index contributed by atoms with van der Waals surface area (Å²) in [6, 6.07) is 10.6. The molecule has 1 saturated heterocycles. The van der Waals surface area contributed by atoms with Gasteiger partial charge in [-0.05, 0) is 18.7 Å². The number of hydrogen-bond donors (Lipinski definition) is 2. The van der Waals surface area contributed by atoms with Crippen LogP contribution in [0.2, 0.25) is 0 Å². The Morgan fingerprint density at radius 2 is 2.09 bits per heavy atom. The zero-order valence-electron chi connectivity index (χ0n) is 14.3. The van der Waals surface area contributed by atoms with Crippen molar-refractivity contribution in [2.75, 3.05) is 39.3 Å². The number of likely N-dealkylation sites (N-methyl/N-ethyl adjacent to an activating group) is 1. The maximum Gasteiger partial charge on any atom is 0.222 e.